The van der Waals surface area contributed by atoms with Crippen molar-refractivity contribution < 1.29 is 9.90 Å². The Morgan fingerprint density at radius 3 is 2.71 bits per heavy atom. The summed E-state index contributed by atoms with van der Waals surface area (Å²) in [5.74, 6) is 2.39. The normalized spacial score (nSPS) is 18.2. The van der Waals surface area contributed by atoms with Gasteiger partial charge in [0.2, 0.25) is 0 Å². The maximum absolute atomic E-state index is 11.9. The minimum atomic E-state index is -0.506. The molecule has 1 fully saturated rings. The first-order valence-corrected chi connectivity index (χ1v) is 6.31. The fraction of sp³-hybridized carbons (Fsp3) is 0.769. The third-order valence-electron chi connectivity index (χ3n) is 3.08. The molecule has 0 aromatic heterocycles. The van der Waals surface area contributed by atoms with E-state index in [9.17, 15) is 9.90 Å². The van der Waals surface area contributed by atoms with Gasteiger partial charge in [0.15, 0.2) is 0 Å². The zero-order valence-electron chi connectivity index (χ0n) is 10.5. The number of carbonyl (C=O) groups excluding carboxylic acids is 1. The summed E-state index contributed by atoms with van der Waals surface area (Å²) < 4.78 is 0. The van der Waals surface area contributed by atoms with Gasteiger partial charge in [-0.2, -0.15) is 0 Å². The number of carbonyl (C=O) groups is 1. The van der Waals surface area contributed by atoms with Crippen molar-refractivity contribution in [3.05, 3.63) is 0 Å². The van der Waals surface area contributed by atoms with Crippen LogP contribution in [-0.4, -0.2) is 41.3 Å². The van der Waals surface area contributed by atoms with E-state index in [-0.39, 0.29) is 18.6 Å². The lowest BCUT2D eigenvalue weighted by Crippen LogP contribution is -2.49. The number of aliphatic hydroxyl groups is 1. The highest BCUT2D eigenvalue weighted by Gasteiger charge is 2.25. The molecule has 0 heterocycles. The minimum Gasteiger partial charge on any atom is -0.392 e. The van der Waals surface area contributed by atoms with Crippen LogP contribution in [0.3, 0.4) is 0 Å². The molecule has 4 heteroatoms. The van der Waals surface area contributed by atoms with E-state index in [1.165, 1.54) is 6.42 Å². The molecule has 1 rings (SSSR count). The zero-order valence-corrected chi connectivity index (χ0v) is 10.5. The number of hydrogen-bond acceptors (Lipinski definition) is 2. The van der Waals surface area contributed by atoms with Crippen molar-refractivity contribution in [2.45, 2.75) is 51.2 Å². The molecule has 0 aromatic rings. The second-order valence-electron chi connectivity index (χ2n) is 4.66. The third-order valence-corrected chi connectivity index (χ3v) is 3.08. The third kappa shape index (κ3) is 4.66. The van der Waals surface area contributed by atoms with Crippen LogP contribution >= 0.6 is 0 Å². The summed E-state index contributed by atoms with van der Waals surface area (Å²) in [5, 5.41) is 12.1. The lowest BCUT2D eigenvalue weighted by molar-refractivity contribution is 0.0998. The highest BCUT2D eigenvalue weighted by atomic mass is 16.3. The van der Waals surface area contributed by atoms with Gasteiger partial charge in [-0.1, -0.05) is 25.2 Å². The second kappa shape index (κ2) is 7.18. The van der Waals surface area contributed by atoms with Gasteiger partial charge >= 0.3 is 6.03 Å². The quantitative estimate of drug-likeness (QED) is 0.726. The molecule has 1 saturated carbocycles. The number of nitrogens with zero attached hydrogens (tertiary/aromatic N) is 1. The second-order valence-corrected chi connectivity index (χ2v) is 4.66. The molecule has 17 heavy (non-hydrogen) atoms. The van der Waals surface area contributed by atoms with E-state index in [0.717, 1.165) is 25.7 Å². The van der Waals surface area contributed by atoms with Crippen molar-refractivity contribution in [3.63, 3.8) is 0 Å². The Labute approximate surface area is 103 Å². The van der Waals surface area contributed by atoms with E-state index in [2.05, 4.69) is 11.2 Å². The Hall–Kier alpha value is -1.21. The standard InChI is InChI=1S/C13H22N2O2/c1-3-9-14-13(17)15(10-11(2)16)12-7-5-4-6-8-12/h1,11-12,16H,4-10H2,2H3,(H,14,17)/t11-/m0/s1. The van der Waals surface area contributed by atoms with E-state index in [0.29, 0.717) is 6.54 Å². The van der Waals surface area contributed by atoms with Crippen LogP contribution in [0.1, 0.15) is 39.0 Å². The van der Waals surface area contributed by atoms with E-state index >= 15 is 0 Å². The van der Waals surface area contributed by atoms with Crippen molar-refractivity contribution in [1.29, 1.82) is 0 Å². The monoisotopic (exact) mass is 238 g/mol. The topological polar surface area (TPSA) is 52.6 Å². The van der Waals surface area contributed by atoms with E-state index in [4.69, 9.17) is 6.42 Å². The van der Waals surface area contributed by atoms with Crippen molar-refractivity contribution >= 4 is 6.03 Å². The number of amides is 2. The molecule has 1 aliphatic carbocycles. The Kier molecular flexibility index (Phi) is 5.85. The number of terminal acetylenes is 1. The first-order chi connectivity index (χ1) is 8.15. The van der Waals surface area contributed by atoms with Crippen LogP contribution in [-0.2, 0) is 0 Å². The highest BCUT2D eigenvalue weighted by molar-refractivity contribution is 5.74. The van der Waals surface area contributed by atoms with Gasteiger partial charge in [-0.3, -0.25) is 0 Å². The molecule has 1 aliphatic rings. The molecule has 0 radical (unpaired) electrons. The van der Waals surface area contributed by atoms with Gasteiger partial charge < -0.3 is 15.3 Å². The van der Waals surface area contributed by atoms with Gasteiger partial charge in [-0.15, -0.1) is 6.42 Å². The first-order valence-electron chi connectivity index (χ1n) is 6.31. The molecule has 2 amide bonds. The molecular formula is C13H22N2O2. The van der Waals surface area contributed by atoms with Crippen LogP contribution in [0, 0.1) is 12.3 Å². The molecule has 0 aromatic carbocycles. The Bertz CT molecular complexity index is 278. The maximum Gasteiger partial charge on any atom is 0.318 e. The summed E-state index contributed by atoms with van der Waals surface area (Å²) in [6.45, 7) is 2.31. The Balaban J connectivity index is 2.58. The van der Waals surface area contributed by atoms with Gasteiger partial charge in [0.05, 0.1) is 12.6 Å². The molecule has 96 valence electrons. The van der Waals surface area contributed by atoms with Crippen molar-refractivity contribution in [3.8, 4) is 12.3 Å². The molecule has 0 aliphatic heterocycles. The fourth-order valence-corrected chi connectivity index (χ4v) is 2.30. The average molecular weight is 238 g/mol. The maximum atomic E-state index is 11.9. The molecule has 0 spiro atoms. The van der Waals surface area contributed by atoms with Crippen LogP contribution in [0.2, 0.25) is 0 Å². The summed E-state index contributed by atoms with van der Waals surface area (Å²) in [7, 11) is 0. The summed E-state index contributed by atoms with van der Waals surface area (Å²) >= 11 is 0. The summed E-state index contributed by atoms with van der Waals surface area (Å²) in [5.41, 5.74) is 0. The number of hydrogen-bond donors (Lipinski definition) is 2. The molecule has 0 saturated heterocycles. The van der Waals surface area contributed by atoms with Crippen LogP contribution in [0.4, 0.5) is 4.79 Å². The minimum absolute atomic E-state index is 0.157. The molecule has 0 bridgehead atoms. The smallest absolute Gasteiger partial charge is 0.318 e. The van der Waals surface area contributed by atoms with Crippen LogP contribution in [0.15, 0.2) is 0 Å². The SMILES string of the molecule is C#CCNC(=O)N(C[C@H](C)O)C1CCCCC1. The molecular weight excluding hydrogens is 216 g/mol. The van der Waals surface area contributed by atoms with Crippen molar-refractivity contribution in [1.82, 2.24) is 10.2 Å². The summed E-state index contributed by atoms with van der Waals surface area (Å²) in [4.78, 5) is 13.7. The van der Waals surface area contributed by atoms with Crippen molar-refractivity contribution in [2.24, 2.45) is 0 Å². The molecule has 1 atom stereocenters. The van der Waals surface area contributed by atoms with E-state index in [1.807, 2.05) is 0 Å². The summed E-state index contributed by atoms with van der Waals surface area (Å²) in [6.07, 6.45) is 10.2. The predicted molar refractivity (Wildman–Crippen MR) is 67.5 cm³/mol. The van der Waals surface area contributed by atoms with Gasteiger partial charge in [0, 0.05) is 12.6 Å². The first kappa shape index (κ1) is 13.9. The van der Waals surface area contributed by atoms with Gasteiger partial charge in [0.1, 0.15) is 0 Å². The Morgan fingerprint density at radius 2 is 2.18 bits per heavy atom. The number of rotatable bonds is 4. The van der Waals surface area contributed by atoms with E-state index in [1.54, 1.807) is 11.8 Å². The van der Waals surface area contributed by atoms with Crippen LogP contribution in [0.25, 0.3) is 0 Å². The fourth-order valence-electron chi connectivity index (χ4n) is 2.30. The lowest BCUT2D eigenvalue weighted by atomic mass is 9.94. The van der Waals surface area contributed by atoms with Gasteiger partial charge in [0.25, 0.3) is 0 Å². The summed E-state index contributed by atoms with van der Waals surface area (Å²) in [6, 6.07) is 0.0897. The van der Waals surface area contributed by atoms with Crippen LogP contribution in [0.5, 0.6) is 0 Å². The molecule has 4 nitrogen and oxygen atoms in total. The molecule has 0 unspecified atom stereocenters. The van der Waals surface area contributed by atoms with Crippen LogP contribution < -0.4 is 5.32 Å². The Morgan fingerprint density at radius 1 is 1.53 bits per heavy atom. The number of aliphatic hydroxyl groups excluding tert-OH is 1. The number of urea groups is 1. The average Bonchev–Trinajstić information content (AvgIpc) is 2.34. The van der Waals surface area contributed by atoms with E-state index < -0.39 is 6.10 Å². The lowest BCUT2D eigenvalue weighted by Gasteiger charge is -2.35. The molecule has 2 N–H and O–H groups in total. The highest BCUT2D eigenvalue weighted by Crippen LogP contribution is 2.22. The number of nitrogens with one attached hydrogen (secondary N) is 1. The zero-order chi connectivity index (χ0) is 12.7. The van der Waals surface area contributed by atoms with Crippen molar-refractivity contribution in [2.75, 3.05) is 13.1 Å². The predicted octanol–water partition coefficient (Wildman–Crippen LogP) is 1.34. The largest absolute Gasteiger partial charge is 0.392 e. The van der Waals surface area contributed by atoms with Gasteiger partial charge in [-0.25, -0.2) is 4.79 Å². The van der Waals surface area contributed by atoms with Gasteiger partial charge in [-0.05, 0) is 19.8 Å².